The summed E-state index contributed by atoms with van der Waals surface area (Å²) >= 11 is 0. The minimum absolute atomic E-state index is 0.0494. The van der Waals surface area contributed by atoms with Crippen LogP contribution in [0.5, 0.6) is 0 Å². The molecule has 1 spiro atoms. The molecular formula is C27H28N4O2. The van der Waals surface area contributed by atoms with Gasteiger partial charge >= 0.3 is 0 Å². The number of hydrogen-bond donors (Lipinski definition) is 1. The highest BCUT2D eigenvalue weighted by atomic mass is 16.3. The number of nitrogens with zero attached hydrogens (tertiary/aromatic N) is 4. The molecule has 1 aromatic heterocycles. The van der Waals surface area contributed by atoms with Crippen LogP contribution in [0.2, 0.25) is 0 Å². The second-order valence-electron chi connectivity index (χ2n) is 9.72. The highest BCUT2D eigenvalue weighted by molar-refractivity contribution is 5.96. The largest absolute Gasteiger partial charge is 0.395 e. The third-order valence-electron chi connectivity index (χ3n) is 7.35. The Morgan fingerprint density at radius 1 is 1.12 bits per heavy atom. The number of carbonyl (C=O) groups excluding carboxylic acids is 1. The van der Waals surface area contributed by atoms with Crippen molar-refractivity contribution in [1.29, 1.82) is 0 Å². The lowest BCUT2D eigenvalue weighted by atomic mass is 9.97. The van der Waals surface area contributed by atoms with Crippen LogP contribution in [0.4, 0.5) is 11.6 Å². The molecule has 6 nitrogen and oxygen atoms in total. The maximum absolute atomic E-state index is 12.8. The molecule has 2 fully saturated rings. The summed E-state index contributed by atoms with van der Waals surface area (Å²) < 4.78 is 0. The second-order valence-corrected chi connectivity index (χ2v) is 9.72. The topological polar surface area (TPSA) is 69.6 Å². The SMILES string of the molecule is CN(CCO)C(=O)c1ccc2c(c1)N(c1ncc(-c3cccc(C4CC4)c3)cn1)CC21CC1. The molecule has 2 heterocycles. The standard InChI is InChI=1S/C27H28N4O2/c1-30(11-12-32)25(33)21-7-8-23-24(14-21)31(17-27(23)9-10-27)26-28-15-22(16-29-26)20-4-2-3-19(13-20)18-5-6-18/h2-4,7-8,13-16,18,32H,5-6,9-12,17H2,1H3. The van der Waals surface area contributed by atoms with E-state index in [2.05, 4.69) is 35.2 Å². The number of amides is 1. The molecule has 0 radical (unpaired) electrons. The molecule has 33 heavy (non-hydrogen) atoms. The van der Waals surface area contributed by atoms with Crippen LogP contribution in [-0.4, -0.2) is 52.6 Å². The molecule has 0 unspecified atom stereocenters. The average Bonchev–Trinajstić information content (AvgIpc) is 3.77. The predicted octanol–water partition coefficient (Wildman–Crippen LogP) is 4.27. The van der Waals surface area contributed by atoms with E-state index >= 15 is 0 Å². The molecule has 168 valence electrons. The van der Waals surface area contributed by atoms with Crippen LogP contribution in [-0.2, 0) is 5.41 Å². The smallest absolute Gasteiger partial charge is 0.253 e. The van der Waals surface area contributed by atoms with Crippen molar-refractivity contribution in [2.45, 2.75) is 37.0 Å². The predicted molar refractivity (Wildman–Crippen MR) is 128 cm³/mol. The Morgan fingerprint density at radius 2 is 1.91 bits per heavy atom. The summed E-state index contributed by atoms with van der Waals surface area (Å²) in [6.45, 7) is 1.12. The zero-order chi connectivity index (χ0) is 22.6. The normalized spacial score (nSPS) is 17.8. The Balaban J connectivity index is 1.31. The summed E-state index contributed by atoms with van der Waals surface area (Å²) in [5, 5.41) is 9.19. The van der Waals surface area contributed by atoms with Gasteiger partial charge in [0, 0.05) is 54.8 Å². The van der Waals surface area contributed by atoms with E-state index in [0.29, 0.717) is 24.0 Å². The van der Waals surface area contributed by atoms with Gasteiger partial charge in [0.1, 0.15) is 0 Å². The summed E-state index contributed by atoms with van der Waals surface area (Å²) in [6.07, 6.45) is 8.71. The van der Waals surface area contributed by atoms with Gasteiger partial charge in [0.15, 0.2) is 0 Å². The molecule has 3 aromatic rings. The highest BCUT2D eigenvalue weighted by Crippen LogP contribution is 2.57. The van der Waals surface area contributed by atoms with Crippen LogP contribution in [0.3, 0.4) is 0 Å². The molecule has 3 aliphatic rings. The van der Waals surface area contributed by atoms with Crippen molar-refractivity contribution in [2.24, 2.45) is 0 Å². The fourth-order valence-electron chi connectivity index (χ4n) is 5.04. The monoisotopic (exact) mass is 440 g/mol. The van der Waals surface area contributed by atoms with Crippen molar-refractivity contribution in [1.82, 2.24) is 14.9 Å². The van der Waals surface area contributed by atoms with Gasteiger partial charge in [-0.3, -0.25) is 4.79 Å². The zero-order valence-corrected chi connectivity index (χ0v) is 18.9. The highest BCUT2D eigenvalue weighted by Gasteiger charge is 2.52. The van der Waals surface area contributed by atoms with Crippen molar-refractivity contribution in [2.75, 3.05) is 31.6 Å². The molecule has 0 bridgehead atoms. The summed E-state index contributed by atoms with van der Waals surface area (Å²) in [5.41, 5.74) is 6.69. The van der Waals surface area contributed by atoms with Crippen LogP contribution in [0.1, 0.15) is 53.1 Å². The third-order valence-corrected chi connectivity index (χ3v) is 7.35. The number of aliphatic hydroxyl groups is 1. The Morgan fingerprint density at radius 3 is 2.61 bits per heavy atom. The molecule has 1 aliphatic heterocycles. The van der Waals surface area contributed by atoms with Crippen molar-refractivity contribution >= 4 is 17.5 Å². The van der Waals surface area contributed by atoms with E-state index in [9.17, 15) is 9.90 Å². The van der Waals surface area contributed by atoms with Gasteiger partial charge in [-0.15, -0.1) is 0 Å². The number of benzene rings is 2. The van der Waals surface area contributed by atoms with Crippen molar-refractivity contribution in [3.63, 3.8) is 0 Å². The first-order valence-corrected chi connectivity index (χ1v) is 11.8. The van der Waals surface area contributed by atoms with Gasteiger partial charge in [-0.25, -0.2) is 9.97 Å². The van der Waals surface area contributed by atoms with Gasteiger partial charge in [0.2, 0.25) is 5.95 Å². The van der Waals surface area contributed by atoms with Crippen LogP contribution < -0.4 is 4.90 Å². The first kappa shape index (κ1) is 20.4. The van der Waals surface area contributed by atoms with E-state index in [4.69, 9.17) is 9.97 Å². The quantitative estimate of drug-likeness (QED) is 0.620. The van der Waals surface area contributed by atoms with Gasteiger partial charge in [-0.05, 0) is 60.4 Å². The molecule has 2 aromatic carbocycles. The van der Waals surface area contributed by atoms with Crippen molar-refractivity contribution in [3.8, 4) is 11.1 Å². The summed E-state index contributed by atoms with van der Waals surface area (Å²) in [5.74, 6) is 1.31. The molecule has 1 N–H and O–H groups in total. The summed E-state index contributed by atoms with van der Waals surface area (Å²) in [4.78, 5) is 26.0. The molecule has 0 atom stereocenters. The maximum atomic E-state index is 12.8. The second kappa shape index (κ2) is 7.66. The van der Waals surface area contributed by atoms with Crippen LogP contribution in [0.25, 0.3) is 11.1 Å². The molecule has 1 amide bonds. The van der Waals surface area contributed by atoms with Crippen LogP contribution >= 0.6 is 0 Å². The number of hydrogen-bond acceptors (Lipinski definition) is 5. The van der Waals surface area contributed by atoms with E-state index < -0.39 is 0 Å². The summed E-state index contributed by atoms with van der Waals surface area (Å²) in [7, 11) is 1.71. The molecule has 0 saturated heterocycles. The number of likely N-dealkylation sites (N-methyl/N-ethyl adjacent to an activating group) is 1. The van der Waals surface area contributed by atoms with Gasteiger partial charge in [0.05, 0.1) is 6.61 Å². The van der Waals surface area contributed by atoms with E-state index in [-0.39, 0.29) is 17.9 Å². The lowest BCUT2D eigenvalue weighted by Gasteiger charge is -2.20. The fraction of sp³-hybridized carbons (Fsp3) is 0.370. The van der Waals surface area contributed by atoms with E-state index in [0.717, 1.165) is 36.2 Å². The Bertz CT molecular complexity index is 1220. The Hall–Kier alpha value is -3.25. The fourth-order valence-corrected chi connectivity index (χ4v) is 5.04. The van der Waals surface area contributed by atoms with E-state index in [1.807, 2.05) is 24.5 Å². The molecule has 2 aliphatic carbocycles. The van der Waals surface area contributed by atoms with Gasteiger partial charge in [-0.2, -0.15) is 0 Å². The third kappa shape index (κ3) is 3.59. The molecular weight excluding hydrogens is 412 g/mol. The average molecular weight is 441 g/mol. The lowest BCUT2D eigenvalue weighted by molar-refractivity contribution is 0.0767. The maximum Gasteiger partial charge on any atom is 0.253 e. The zero-order valence-electron chi connectivity index (χ0n) is 18.9. The Labute approximate surface area is 193 Å². The van der Waals surface area contributed by atoms with E-state index in [1.165, 1.54) is 24.0 Å². The van der Waals surface area contributed by atoms with Gasteiger partial charge < -0.3 is 14.9 Å². The lowest BCUT2D eigenvalue weighted by Crippen LogP contribution is -2.29. The minimum Gasteiger partial charge on any atom is -0.395 e. The van der Waals surface area contributed by atoms with Crippen molar-refractivity contribution in [3.05, 3.63) is 71.5 Å². The minimum atomic E-state index is -0.0876. The van der Waals surface area contributed by atoms with Gasteiger partial charge in [-0.1, -0.05) is 30.3 Å². The van der Waals surface area contributed by atoms with Crippen LogP contribution in [0, 0.1) is 0 Å². The van der Waals surface area contributed by atoms with Crippen LogP contribution in [0.15, 0.2) is 54.9 Å². The number of anilines is 2. The number of aromatic nitrogens is 2. The van der Waals surface area contributed by atoms with Gasteiger partial charge in [0.25, 0.3) is 5.91 Å². The number of rotatable bonds is 6. The molecule has 6 heteroatoms. The van der Waals surface area contributed by atoms with Crippen molar-refractivity contribution < 1.29 is 9.90 Å². The van der Waals surface area contributed by atoms with E-state index in [1.54, 1.807) is 11.9 Å². The Kier molecular flexibility index (Phi) is 4.73. The first-order chi connectivity index (χ1) is 16.1. The number of carbonyl (C=O) groups is 1. The number of aliphatic hydroxyl groups excluding tert-OH is 1. The first-order valence-electron chi connectivity index (χ1n) is 11.8. The summed E-state index contributed by atoms with van der Waals surface area (Å²) in [6, 6.07) is 14.7. The number of fused-ring (bicyclic) bond motifs is 2. The molecule has 2 saturated carbocycles. The molecule has 6 rings (SSSR count).